The van der Waals surface area contributed by atoms with Crippen LogP contribution in [0.3, 0.4) is 0 Å². The summed E-state index contributed by atoms with van der Waals surface area (Å²) in [5.41, 5.74) is 0.103. The SMILES string of the molecule is CN(C)S(=O)(=O)c1cc(C(=O)N2CCC[C@H](C(=O)O)C2)co1. The molecule has 0 bridgehead atoms. The van der Waals surface area contributed by atoms with E-state index in [4.69, 9.17) is 9.52 Å². The van der Waals surface area contributed by atoms with Crippen molar-refractivity contribution in [1.82, 2.24) is 9.21 Å². The molecule has 9 heteroatoms. The van der Waals surface area contributed by atoms with E-state index in [1.807, 2.05) is 0 Å². The first-order valence-electron chi connectivity index (χ1n) is 6.76. The van der Waals surface area contributed by atoms with Crippen LogP contribution >= 0.6 is 0 Å². The third kappa shape index (κ3) is 3.14. The summed E-state index contributed by atoms with van der Waals surface area (Å²) in [4.78, 5) is 24.8. The Balaban J connectivity index is 2.17. The largest absolute Gasteiger partial charge is 0.481 e. The van der Waals surface area contributed by atoms with E-state index in [1.54, 1.807) is 0 Å². The van der Waals surface area contributed by atoms with Crippen LogP contribution in [0.4, 0.5) is 0 Å². The van der Waals surface area contributed by atoms with Crippen LogP contribution in [0, 0.1) is 5.92 Å². The smallest absolute Gasteiger partial charge is 0.308 e. The van der Waals surface area contributed by atoms with Crippen molar-refractivity contribution in [2.75, 3.05) is 27.2 Å². The van der Waals surface area contributed by atoms with Crippen molar-refractivity contribution in [2.24, 2.45) is 5.92 Å². The summed E-state index contributed by atoms with van der Waals surface area (Å²) >= 11 is 0. The molecule has 0 spiro atoms. The van der Waals surface area contributed by atoms with Crippen LogP contribution in [0.5, 0.6) is 0 Å². The van der Waals surface area contributed by atoms with Gasteiger partial charge >= 0.3 is 5.97 Å². The number of piperidine rings is 1. The minimum absolute atomic E-state index is 0.103. The van der Waals surface area contributed by atoms with Crippen LogP contribution in [0.25, 0.3) is 0 Å². The number of hydrogen-bond donors (Lipinski definition) is 1. The Kier molecular flexibility index (Phi) is 4.57. The molecule has 1 saturated heterocycles. The quantitative estimate of drug-likeness (QED) is 0.859. The lowest BCUT2D eigenvalue weighted by Crippen LogP contribution is -2.42. The Hall–Kier alpha value is -1.87. The van der Waals surface area contributed by atoms with E-state index in [0.717, 1.165) is 10.6 Å². The Morgan fingerprint density at radius 1 is 1.41 bits per heavy atom. The molecule has 22 heavy (non-hydrogen) atoms. The molecule has 0 saturated carbocycles. The van der Waals surface area contributed by atoms with Gasteiger partial charge in [0.1, 0.15) is 6.26 Å². The first-order chi connectivity index (χ1) is 10.2. The Morgan fingerprint density at radius 3 is 2.68 bits per heavy atom. The number of carboxylic acid groups (broad SMARTS) is 1. The number of carboxylic acids is 1. The van der Waals surface area contributed by atoms with Crippen molar-refractivity contribution < 1.29 is 27.5 Å². The van der Waals surface area contributed by atoms with E-state index in [2.05, 4.69) is 0 Å². The van der Waals surface area contributed by atoms with Gasteiger partial charge in [-0.15, -0.1) is 0 Å². The third-order valence-electron chi connectivity index (χ3n) is 3.62. The Bertz CT molecular complexity index is 678. The zero-order chi connectivity index (χ0) is 16.5. The molecule has 0 radical (unpaired) electrons. The molecule has 2 heterocycles. The molecule has 1 aliphatic rings. The summed E-state index contributed by atoms with van der Waals surface area (Å²) in [5, 5.41) is 8.73. The monoisotopic (exact) mass is 330 g/mol. The number of sulfonamides is 1. The zero-order valence-corrected chi connectivity index (χ0v) is 13.2. The molecule has 1 atom stereocenters. The van der Waals surface area contributed by atoms with Crippen LogP contribution in [0.15, 0.2) is 21.8 Å². The fraction of sp³-hybridized carbons (Fsp3) is 0.538. The molecule has 2 rings (SSSR count). The normalized spacial score (nSPS) is 19.4. The van der Waals surface area contributed by atoms with Gasteiger partial charge in [0.05, 0.1) is 11.5 Å². The molecule has 1 amide bonds. The van der Waals surface area contributed by atoms with Crippen molar-refractivity contribution in [2.45, 2.75) is 17.9 Å². The summed E-state index contributed by atoms with van der Waals surface area (Å²) in [6, 6.07) is 1.17. The van der Waals surface area contributed by atoms with Gasteiger partial charge in [-0.2, -0.15) is 0 Å². The van der Waals surface area contributed by atoms with Gasteiger partial charge in [0.2, 0.25) is 5.09 Å². The predicted molar refractivity (Wildman–Crippen MR) is 75.8 cm³/mol. The number of carbonyl (C=O) groups is 2. The van der Waals surface area contributed by atoms with E-state index < -0.39 is 27.8 Å². The Labute approximate surface area is 128 Å². The second-order valence-electron chi connectivity index (χ2n) is 5.37. The minimum atomic E-state index is -3.74. The maximum Gasteiger partial charge on any atom is 0.308 e. The Morgan fingerprint density at radius 2 is 2.09 bits per heavy atom. The van der Waals surface area contributed by atoms with Gasteiger partial charge in [0.25, 0.3) is 15.9 Å². The molecule has 1 fully saturated rings. The van der Waals surface area contributed by atoms with Crippen molar-refractivity contribution in [3.05, 3.63) is 17.9 Å². The van der Waals surface area contributed by atoms with Crippen LogP contribution in [0.2, 0.25) is 0 Å². The van der Waals surface area contributed by atoms with Crippen molar-refractivity contribution in [3.63, 3.8) is 0 Å². The standard InChI is InChI=1S/C13H18N2O6S/c1-14(2)22(19,20)11-6-10(8-21-11)12(16)15-5-3-4-9(7-15)13(17)18/h6,8-9H,3-5,7H2,1-2H3,(H,17,18)/t9-/m0/s1. The molecule has 0 aromatic carbocycles. The highest BCUT2D eigenvalue weighted by atomic mass is 32.2. The van der Waals surface area contributed by atoms with Gasteiger partial charge in [-0.05, 0) is 12.8 Å². The van der Waals surface area contributed by atoms with Crippen LogP contribution in [-0.2, 0) is 14.8 Å². The topological polar surface area (TPSA) is 108 Å². The summed E-state index contributed by atoms with van der Waals surface area (Å²) < 4.78 is 29.8. The van der Waals surface area contributed by atoms with Gasteiger partial charge in [-0.3, -0.25) is 9.59 Å². The van der Waals surface area contributed by atoms with Gasteiger partial charge in [0, 0.05) is 33.3 Å². The number of rotatable bonds is 4. The highest BCUT2D eigenvalue weighted by Gasteiger charge is 2.30. The number of carbonyl (C=O) groups excluding carboxylic acids is 1. The van der Waals surface area contributed by atoms with E-state index in [1.165, 1.54) is 25.1 Å². The maximum atomic E-state index is 12.3. The van der Waals surface area contributed by atoms with Gasteiger partial charge in [-0.25, -0.2) is 12.7 Å². The van der Waals surface area contributed by atoms with Crippen LogP contribution in [0.1, 0.15) is 23.2 Å². The highest BCUT2D eigenvalue weighted by molar-refractivity contribution is 7.88. The molecular formula is C13H18N2O6S. The van der Waals surface area contributed by atoms with E-state index in [9.17, 15) is 18.0 Å². The van der Waals surface area contributed by atoms with E-state index in [0.29, 0.717) is 19.4 Å². The average molecular weight is 330 g/mol. The lowest BCUT2D eigenvalue weighted by atomic mass is 9.98. The minimum Gasteiger partial charge on any atom is -0.481 e. The summed E-state index contributed by atoms with van der Waals surface area (Å²) in [5.74, 6) is -1.94. The van der Waals surface area contributed by atoms with E-state index >= 15 is 0 Å². The lowest BCUT2D eigenvalue weighted by Gasteiger charge is -2.30. The predicted octanol–water partition coefficient (Wildman–Crippen LogP) is 0.467. The van der Waals surface area contributed by atoms with Crippen molar-refractivity contribution in [1.29, 1.82) is 0 Å². The molecule has 1 N–H and O–H groups in total. The first kappa shape index (κ1) is 16.5. The fourth-order valence-corrected chi connectivity index (χ4v) is 3.10. The number of nitrogens with zero attached hydrogens (tertiary/aromatic N) is 2. The number of hydrogen-bond acceptors (Lipinski definition) is 5. The first-order valence-corrected chi connectivity index (χ1v) is 8.20. The van der Waals surface area contributed by atoms with Gasteiger partial charge in [-0.1, -0.05) is 0 Å². The van der Waals surface area contributed by atoms with Crippen molar-refractivity contribution in [3.8, 4) is 0 Å². The number of amides is 1. The van der Waals surface area contributed by atoms with Crippen LogP contribution in [-0.4, -0.2) is 61.8 Å². The maximum absolute atomic E-state index is 12.3. The number of furan rings is 1. The molecule has 1 aromatic heterocycles. The molecule has 1 aromatic rings. The van der Waals surface area contributed by atoms with Crippen LogP contribution < -0.4 is 0 Å². The fourth-order valence-electron chi connectivity index (χ4n) is 2.29. The average Bonchev–Trinajstić information content (AvgIpc) is 2.96. The van der Waals surface area contributed by atoms with Crippen molar-refractivity contribution >= 4 is 21.9 Å². The summed E-state index contributed by atoms with van der Waals surface area (Å²) in [7, 11) is -1.02. The number of aliphatic carboxylic acids is 1. The second kappa shape index (κ2) is 6.09. The molecule has 8 nitrogen and oxygen atoms in total. The number of likely N-dealkylation sites (tertiary alicyclic amines) is 1. The third-order valence-corrected chi connectivity index (χ3v) is 5.30. The summed E-state index contributed by atoms with van der Waals surface area (Å²) in [6.07, 6.45) is 2.22. The molecule has 0 unspecified atom stereocenters. The zero-order valence-electron chi connectivity index (χ0n) is 12.4. The summed E-state index contributed by atoms with van der Waals surface area (Å²) in [6.45, 7) is 0.568. The molecule has 1 aliphatic heterocycles. The lowest BCUT2D eigenvalue weighted by molar-refractivity contribution is -0.143. The van der Waals surface area contributed by atoms with Gasteiger partial charge in [0.15, 0.2) is 0 Å². The van der Waals surface area contributed by atoms with Gasteiger partial charge < -0.3 is 14.4 Å². The molecule has 0 aliphatic carbocycles. The second-order valence-corrected chi connectivity index (χ2v) is 7.45. The molecule has 122 valence electrons. The van der Waals surface area contributed by atoms with E-state index in [-0.39, 0.29) is 17.2 Å². The molecular weight excluding hydrogens is 312 g/mol. The highest BCUT2D eigenvalue weighted by Crippen LogP contribution is 2.22.